The molecule has 0 bridgehead atoms. The van der Waals surface area contributed by atoms with E-state index in [9.17, 15) is 4.79 Å². The second-order valence-corrected chi connectivity index (χ2v) is 9.48. The molecule has 0 aliphatic heterocycles. The Balaban J connectivity index is 1.52. The lowest BCUT2D eigenvalue weighted by molar-refractivity contribution is 0.0942. The first-order valence-corrected chi connectivity index (χ1v) is 10.6. The Kier molecular flexibility index (Phi) is 6.17. The molecule has 1 aliphatic carbocycles. The Morgan fingerprint density at radius 1 is 1.22 bits per heavy atom. The molecule has 0 saturated carbocycles. The first kappa shape index (κ1) is 19.8. The van der Waals surface area contributed by atoms with E-state index in [1.54, 1.807) is 11.3 Å². The quantitative estimate of drug-likeness (QED) is 0.533. The summed E-state index contributed by atoms with van der Waals surface area (Å²) in [6.07, 6.45) is 3.18. The number of thiocarbonyl (C=S) groups is 1. The number of carbonyl (C=O) groups excluding carboxylic acids is 1. The molecular formula is C21H27N3OS2. The Morgan fingerprint density at radius 3 is 2.67 bits per heavy atom. The molecule has 2 aromatic rings. The summed E-state index contributed by atoms with van der Waals surface area (Å²) in [4.78, 5) is 13.9. The molecule has 27 heavy (non-hydrogen) atoms. The Morgan fingerprint density at radius 2 is 1.96 bits per heavy atom. The number of hydrazine groups is 1. The Hall–Kier alpha value is -1.92. The lowest BCUT2D eigenvalue weighted by atomic mass is 9.72. The first-order chi connectivity index (χ1) is 12.8. The predicted molar refractivity (Wildman–Crippen MR) is 116 cm³/mol. The van der Waals surface area contributed by atoms with Crippen molar-refractivity contribution < 1.29 is 4.79 Å². The standard InChI is InChI=1S/C21H27N3OS2/c1-21(2,3)15-9-10-16-17(13-27-18(16)11-15)19(25)23-24-20(26)22-12-14-7-5-4-6-8-14/h4-8,13,15H,9-12H2,1-3H3,(H,23,25)(H2,22,24,26)/t15-/m1/s1. The van der Waals surface area contributed by atoms with E-state index in [1.165, 1.54) is 10.4 Å². The fraction of sp³-hybridized carbons (Fsp3) is 0.429. The van der Waals surface area contributed by atoms with Gasteiger partial charge < -0.3 is 5.32 Å². The fourth-order valence-corrected chi connectivity index (χ4v) is 4.73. The number of carbonyl (C=O) groups is 1. The van der Waals surface area contributed by atoms with Gasteiger partial charge in [-0.3, -0.25) is 15.6 Å². The highest BCUT2D eigenvalue weighted by Gasteiger charge is 2.31. The van der Waals surface area contributed by atoms with Crippen molar-refractivity contribution in [3.05, 3.63) is 57.3 Å². The van der Waals surface area contributed by atoms with Gasteiger partial charge in [0.15, 0.2) is 5.11 Å². The highest BCUT2D eigenvalue weighted by molar-refractivity contribution is 7.80. The van der Waals surface area contributed by atoms with Gasteiger partial charge >= 0.3 is 0 Å². The maximum absolute atomic E-state index is 12.6. The summed E-state index contributed by atoms with van der Waals surface area (Å²) in [5.74, 6) is 0.554. The van der Waals surface area contributed by atoms with E-state index in [-0.39, 0.29) is 5.91 Å². The lowest BCUT2D eigenvalue weighted by Gasteiger charge is -2.34. The summed E-state index contributed by atoms with van der Waals surface area (Å²) in [5, 5.41) is 5.48. The molecule has 6 heteroatoms. The van der Waals surface area contributed by atoms with E-state index in [4.69, 9.17) is 12.2 Å². The lowest BCUT2D eigenvalue weighted by Crippen LogP contribution is -2.46. The van der Waals surface area contributed by atoms with Crippen LogP contribution in [0.5, 0.6) is 0 Å². The monoisotopic (exact) mass is 401 g/mol. The van der Waals surface area contributed by atoms with Gasteiger partial charge in [-0.2, -0.15) is 0 Å². The minimum absolute atomic E-state index is 0.120. The molecule has 0 fully saturated rings. The van der Waals surface area contributed by atoms with Crippen molar-refractivity contribution in [3.63, 3.8) is 0 Å². The fourth-order valence-electron chi connectivity index (χ4n) is 3.45. The molecule has 3 rings (SSSR count). The summed E-state index contributed by atoms with van der Waals surface area (Å²) in [6, 6.07) is 10.00. The highest BCUT2D eigenvalue weighted by atomic mass is 32.1. The van der Waals surface area contributed by atoms with Gasteiger partial charge in [0, 0.05) is 16.8 Å². The third-order valence-electron chi connectivity index (χ3n) is 5.21. The molecule has 0 spiro atoms. The van der Waals surface area contributed by atoms with Crippen LogP contribution in [0.3, 0.4) is 0 Å². The van der Waals surface area contributed by atoms with Crippen LogP contribution < -0.4 is 16.2 Å². The van der Waals surface area contributed by atoms with Gasteiger partial charge in [-0.15, -0.1) is 11.3 Å². The smallest absolute Gasteiger partial charge is 0.270 e. The molecule has 4 nitrogen and oxygen atoms in total. The maximum Gasteiger partial charge on any atom is 0.270 e. The molecule has 1 aliphatic rings. The molecule has 0 saturated heterocycles. The Bertz CT molecular complexity index is 809. The van der Waals surface area contributed by atoms with Gasteiger partial charge in [-0.25, -0.2) is 0 Å². The molecule has 1 heterocycles. The van der Waals surface area contributed by atoms with Crippen molar-refractivity contribution in [2.24, 2.45) is 11.3 Å². The van der Waals surface area contributed by atoms with Gasteiger partial charge in [0.05, 0.1) is 5.56 Å². The molecule has 1 atom stereocenters. The number of fused-ring (bicyclic) bond motifs is 1. The van der Waals surface area contributed by atoms with Crippen LogP contribution in [0.1, 0.15) is 53.6 Å². The zero-order valence-electron chi connectivity index (χ0n) is 16.1. The summed E-state index contributed by atoms with van der Waals surface area (Å²) in [6.45, 7) is 7.52. The third kappa shape index (κ3) is 5.08. The minimum atomic E-state index is -0.120. The molecule has 1 amide bonds. The maximum atomic E-state index is 12.6. The van der Waals surface area contributed by atoms with Crippen LogP contribution in [0.4, 0.5) is 0 Å². The number of amides is 1. The summed E-state index contributed by atoms with van der Waals surface area (Å²) in [7, 11) is 0. The number of nitrogens with one attached hydrogen (secondary N) is 3. The second kappa shape index (κ2) is 8.40. The van der Waals surface area contributed by atoms with Crippen LogP contribution in [-0.4, -0.2) is 11.0 Å². The van der Waals surface area contributed by atoms with Crippen molar-refractivity contribution in [3.8, 4) is 0 Å². The van der Waals surface area contributed by atoms with Crippen LogP contribution in [0, 0.1) is 11.3 Å². The van der Waals surface area contributed by atoms with E-state index in [0.717, 1.165) is 30.4 Å². The van der Waals surface area contributed by atoms with Gasteiger partial charge in [-0.1, -0.05) is 51.1 Å². The zero-order chi connectivity index (χ0) is 19.4. The van der Waals surface area contributed by atoms with E-state index in [1.807, 2.05) is 35.7 Å². The number of hydrogen-bond donors (Lipinski definition) is 3. The van der Waals surface area contributed by atoms with Gasteiger partial charge in [0.25, 0.3) is 5.91 Å². The van der Waals surface area contributed by atoms with Gasteiger partial charge in [0.2, 0.25) is 0 Å². The number of hydrogen-bond acceptors (Lipinski definition) is 3. The van der Waals surface area contributed by atoms with E-state index < -0.39 is 0 Å². The molecular weight excluding hydrogens is 374 g/mol. The average molecular weight is 402 g/mol. The summed E-state index contributed by atoms with van der Waals surface area (Å²) in [5.41, 5.74) is 8.96. The van der Waals surface area contributed by atoms with E-state index in [0.29, 0.717) is 23.0 Å². The van der Waals surface area contributed by atoms with Gasteiger partial charge in [0.1, 0.15) is 0 Å². The number of rotatable bonds is 3. The molecule has 1 aromatic heterocycles. The average Bonchev–Trinajstić information content (AvgIpc) is 3.08. The van der Waals surface area contributed by atoms with Crippen LogP contribution in [0.15, 0.2) is 35.7 Å². The first-order valence-electron chi connectivity index (χ1n) is 9.32. The van der Waals surface area contributed by atoms with Crippen LogP contribution in [0.25, 0.3) is 0 Å². The minimum Gasteiger partial charge on any atom is -0.357 e. The number of thiophene rings is 1. The molecule has 0 unspecified atom stereocenters. The Labute approximate surface area is 170 Å². The number of benzene rings is 1. The third-order valence-corrected chi connectivity index (χ3v) is 6.51. The van der Waals surface area contributed by atoms with Crippen molar-refractivity contribution in [1.82, 2.24) is 16.2 Å². The van der Waals surface area contributed by atoms with Crippen molar-refractivity contribution in [2.45, 2.75) is 46.6 Å². The van der Waals surface area contributed by atoms with Crippen LogP contribution >= 0.6 is 23.6 Å². The van der Waals surface area contributed by atoms with E-state index >= 15 is 0 Å². The SMILES string of the molecule is CC(C)(C)[C@@H]1CCc2c(C(=O)NNC(=S)NCc3ccccc3)csc2C1. The zero-order valence-corrected chi connectivity index (χ0v) is 17.7. The summed E-state index contributed by atoms with van der Waals surface area (Å²) >= 11 is 6.95. The topological polar surface area (TPSA) is 53.2 Å². The summed E-state index contributed by atoms with van der Waals surface area (Å²) < 4.78 is 0. The van der Waals surface area contributed by atoms with Crippen LogP contribution in [0.2, 0.25) is 0 Å². The van der Waals surface area contributed by atoms with Crippen molar-refractivity contribution >= 4 is 34.6 Å². The molecule has 0 radical (unpaired) electrons. The highest BCUT2D eigenvalue weighted by Crippen LogP contribution is 2.40. The van der Waals surface area contributed by atoms with Crippen LogP contribution in [-0.2, 0) is 19.4 Å². The largest absolute Gasteiger partial charge is 0.357 e. The molecule has 3 N–H and O–H groups in total. The van der Waals surface area contributed by atoms with Crippen molar-refractivity contribution in [2.75, 3.05) is 0 Å². The van der Waals surface area contributed by atoms with Gasteiger partial charge in [-0.05, 0) is 53.9 Å². The normalized spacial score (nSPS) is 16.3. The van der Waals surface area contributed by atoms with E-state index in [2.05, 4.69) is 36.9 Å². The molecule has 1 aromatic carbocycles. The second-order valence-electron chi connectivity index (χ2n) is 8.10. The predicted octanol–water partition coefficient (Wildman–Crippen LogP) is 4.21. The molecule has 144 valence electrons. The van der Waals surface area contributed by atoms with Crippen molar-refractivity contribution in [1.29, 1.82) is 0 Å².